The van der Waals surface area contributed by atoms with Crippen LogP contribution in [0.5, 0.6) is 5.75 Å². The summed E-state index contributed by atoms with van der Waals surface area (Å²) in [6.07, 6.45) is 3.59. The number of piperazine rings is 1. The van der Waals surface area contributed by atoms with Crippen LogP contribution in [0.15, 0.2) is 24.3 Å². The topological polar surface area (TPSA) is 79.0 Å². The van der Waals surface area contributed by atoms with E-state index < -0.39 is 10.0 Å². The number of ether oxygens (including phenoxy) is 1. The lowest BCUT2D eigenvalue weighted by atomic mass is 9.97. The number of carbonyl (C=O) groups excluding carboxylic acids is 1. The molecule has 7 nitrogen and oxygen atoms in total. The van der Waals surface area contributed by atoms with Gasteiger partial charge in [0.25, 0.3) is 0 Å². The van der Waals surface area contributed by atoms with Crippen LogP contribution in [0.25, 0.3) is 0 Å². The number of hydrogen-bond donors (Lipinski definition) is 1. The molecule has 1 aromatic carbocycles. The van der Waals surface area contributed by atoms with E-state index in [1.165, 1.54) is 4.31 Å². The van der Waals surface area contributed by atoms with E-state index in [1.54, 1.807) is 7.11 Å². The van der Waals surface area contributed by atoms with Crippen molar-refractivity contribution < 1.29 is 17.9 Å². The predicted molar refractivity (Wildman–Crippen MR) is 117 cm³/mol. The van der Waals surface area contributed by atoms with Gasteiger partial charge in [0.1, 0.15) is 5.75 Å². The first kappa shape index (κ1) is 23.5. The number of anilines is 1. The van der Waals surface area contributed by atoms with Crippen LogP contribution in [0.4, 0.5) is 5.69 Å². The molecule has 0 radical (unpaired) electrons. The van der Waals surface area contributed by atoms with E-state index in [2.05, 4.69) is 24.1 Å². The molecule has 0 atom stereocenters. The van der Waals surface area contributed by atoms with Crippen molar-refractivity contribution in [2.75, 3.05) is 50.5 Å². The van der Waals surface area contributed by atoms with E-state index in [4.69, 9.17) is 4.74 Å². The van der Waals surface area contributed by atoms with Crippen LogP contribution < -0.4 is 15.0 Å². The summed E-state index contributed by atoms with van der Waals surface area (Å²) in [7, 11) is -1.75. The van der Waals surface area contributed by atoms with Crippen molar-refractivity contribution in [3.05, 3.63) is 24.3 Å². The Hall–Kier alpha value is -1.80. The first-order chi connectivity index (χ1) is 13.9. The Morgan fingerprint density at radius 3 is 2.31 bits per heavy atom. The minimum absolute atomic E-state index is 0.0166. The van der Waals surface area contributed by atoms with Crippen molar-refractivity contribution in [1.82, 2.24) is 9.62 Å². The first-order valence-electron chi connectivity index (χ1n) is 10.6. The van der Waals surface area contributed by atoms with Gasteiger partial charge in [-0.3, -0.25) is 4.79 Å². The van der Waals surface area contributed by atoms with Crippen molar-refractivity contribution in [3.8, 4) is 5.75 Å². The average Bonchev–Trinajstić information content (AvgIpc) is 2.73. The van der Waals surface area contributed by atoms with E-state index >= 15 is 0 Å². The quantitative estimate of drug-likeness (QED) is 0.589. The number of para-hydroxylation sites is 2. The highest BCUT2D eigenvalue weighted by Gasteiger charge is 2.28. The number of amides is 1. The Morgan fingerprint density at radius 1 is 1.10 bits per heavy atom. The van der Waals surface area contributed by atoms with Crippen molar-refractivity contribution in [3.63, 3.8) is 0 Å². The van der Waals surface area contributed by atoms with Gasteiger partial charge < -0.3 is 15.0 Å². The SMILES string of the molecule is CCCC(CCC)C(=O)NCCS(=O)(=O)N1CCN(c2ccccc2OC)CC1. The maximum Gasteiger partial charge on any atom is 0.223 e. The monoisotopic (exact) mass is 425 g/mol. The summed E-state index contributed by atoms with van der Waals surface area (Å²) in [5.74, 6) is 0.695. The molecule has 1 heterocycles. The molecule has 1 aliphatic heterocycles. The summed E-state index contributed by atoms with van der Waals surface area (Å²) in [5.41, 5.74) is 0.984. The minimum Gasteiger partial charge on any atom is -0.495 e. The molecule has 1 amide bonds. The molecule has 1 N–H and O–H groups in total. The van der Waals surface area contributed by atoms with Gasteiger partial charge in [-0.2, -0.15) is 4.31 Å². The van der Waals surface area contributed by atoms with Gasteiger partial charge in [-0.15, -0.1) is 0 Å². The standard InChI is InChI=1S/C21H35N3O4S/c1-4-8-18(9-5-2)21(25)22-12-17-29(26,27)24-15-13-23(14-16-24)19-10-6-7-11-20(19)28-3/h6-7,10-11,18H,4-5,8-9,12-17H2,1-3H3,(H,22,25). The number of carbonyl (C=O) groups is 1. The summed E-state index contributed by atoms with van der Waals surface area (Å²) in [4.78, 5) is 14.5. The molecular weight excluding hydrogens is 390 g/mol. The molecule has 2 rings (SSSR count). The van der Waals surface area contributed by atoms with Gasteiger partial charge in [-0.25, -0.2) is 8.42 Å². The molecule has 0 unspecified atom stereocenters. The molecule has 1 saturated heterocycles. The Balaban J connectivity index is 1.84. The highest BCUT2D eigenvalue weighted by Crippen LogP contribution is 2.28. The lowest BCUT2D eigenvalue weighted by molar-refractivity contribution is -0.125. The second kappa shape index (κ2) is 11.4. The summed E-state index contributed by atoms with van der Waals surface area (Å²) in [6, 6.07) is 7.77. The smallest absolute Gasteiger partial charge is 0.223 e. The van der Waals surface area contributed by atoms with Gasteiger partial charge >= 0.3 is 0 Å². The molecule has 1 aliphatic rings. The zero-order valence-electron chi connectivity index (χ0n) is 17.9. The first-order valence-corrected chi connectivity index (χ1v) is 12.2. The molecule has 29 heavy (non-hydrogen) atoms. The highest BCUT2D eigenvalue weighted by molar-refractivity contribution is 7.89. The zero-order chi connectivity index (χ0) is 21.3. The minimum atomic E-state index is -3.39. The van der Waals surface area contributed by atoms with Crippen molar-refractivity contribution >= 4 is 21.6 Å². The third-order valence-electron chi connectivity index (χ3n) is 5.36. The Labute approximate surface area is 175 Å². The van der Waals surface area contributed by atoms with Gasteiger partial charge in [-0.05, 0) is 25.0 Å². The fraction of sp³-hybridized carbons (Fsp3) is 0.667. The van der Waals surface area contributed by atoms with Gasteiger partial charge in [-0.1, -0.05) is 38.8 Å². The molecule has 0 saturated carbocycles. The van der Waals surface area contributed by atoms with Crippen LogP contribution in [0.2, 0.25) is 0 Å². The highest BCUT2D eigenvalue weighted by atomic mass is 32.2. The molecule has 8 heteroatoms. The lowest BCUT2D eigenvalue weighted by Gasteiger charge is -2.36. The number of nitrogens with one attached hydrogen (secondary N) is 1. The largest absolute Gasteiger partial charge is 0.495 e. The van der Waals surface area contributed by atoms with E-state index in [9.17, 15) is 13.2 Å². The van der Waals surface area contributed by atoms with Crippen LogP contribution in [0.1, 0.15) is 39.5 Å². The third-order valence-corrected chi connectivity index (χ3v) is 7.23. The summed E-state index contributed by atoms with van der Waals surface area (Å²) >= 11 is 0. The number of hydrogen-bond acceptors (Lipinski definition) is 5. The maximum absolute atomic E-state index is 12.7. The second-order valence-corrected chi connectivity index (χ2v) is 9.53. The molecule has 0 aliphatic carbocycles. The molecule has 0 aromatic heterocycles. The average molecular weight is 426 g/mol. The van der Waals surface area contributed by atoms with Crippen LogP contribution in [-0.4, -0.2) is 64.2 Å². The van der Waals surface area contributed by atoms with Crippen LogP contribution in [0, 0.1) is 5.92 Å². The normalized spacial score (nSPS) is 15.5. The molecule has 0 bridgehead atoms. The van der Waals surface area contributed by atoms with Gasteiger partial charge in [0.05, 0.1) is 18.6 Å². The van der Waals surface area contributed by atoms with Crippen LogP contribution in [-0.2, 0) is 14.8 Å². The molecule has 1 aromatic rings. The third kappa shape index (κ3) is 6.60. The molecule has 164 valence electrons. The summed E-state index contributed by atoms with van der Waals surface area (Å²) < 4.78 is 32.3. The number of methoxy groups -OCH3 is 1. The Morgan fingerprint density at radius 2 is 1.72 bits per heavy atom. The van der Waals surface area contributed by atoms with Crippen LogP contribution in [0.3, 0.4) is 0 Å². The number of sulfonamides is 1. The number of rotatable bonds is 11. The Bertz CT molecular complexity index is 740. The fourth-order valence-corrected chi connectivity index (χ4v) is 5.12. The Kier molecular flexibility index (Phi) is 9.23. The molecule has 0 spiro atoms. The lowest BCUT2D eigenvalue weighted by Crippen LogP contribution is -2.50. The van der Waals surface area contributed by atoms with Gasteiger partial charge in [0, 0.05) is 38.6 Å². The second-order valence-electron chi connectivity index (χ2n) is 7.44. The maximum atomic E-state index is 12.7. The molecular formula is C21H35N3O4S. The number of nitrogens with zero attached hydrogens (tertiary/aromatic N) is 2. The van der Waals surface area contributed by atoms with E-state index in [0.29, 0.717) is 26.2 Å². The summed E-state index contributed by atoms with van der Waals surface area (Å²) in [6.45, 7) is 6.38. The van der Waals surface area contributed by atoms with E-state index in [-0.39, 0.29) is 24.1 Å². The molecule has 1 fully saturated rings. The summed E-state index contributed by atoms with van der Waals surface area (Å²) in [5, 5.41) is 2.83. The van der Waals surface area contributed by atoms with Gasteiger partial charge in [0.2, 0.25) is 15.9 Å². The number of benzene rings is 1. The van der Waals surface area contributed by atoms with Crippen molar-refractivity contribution in [2.24, 2.45) is 5.92 Å². The predicted octanol–water partition coefficient (Wildman–Crippen LogP) is 2.48. The zero-order valence-corrected chi connectivity index (χ0v) is 18.7. The fourth-order valence-electron chi connectivity index (χ4n) is 3.78. The van der Waals surface area contributed by atoms with Crippen LogP contribution >= 0.6 is 0 Å². The van der Waals surface area contributed by atoms with Crippen molar-refractivity contribution in [2.45, 2.75) is 39.5 Å². The van der Waals surface area contributed by atoms with E-state index in [0.717, 1.165) is 37.1 Å². The van der Waals surface area contributed by atoms with Gasteiger partial charge in [0.15, 0.2) is 0 Å². The van der Waals surface area contributed by atoms with E-state index in [1.807, 2.05) is 24.3 Å². The van der Waals surface area contributed by atoms with Crippen molar-refractivity contribution in [1.29, 1.82) is 0 Å².